The Labute approximate surface area is 155 Å². The molecule has 24 heavy (non-hydrogen) atoms. The zero-order valence-electron chi connectivity index (χ0n) is 15.0. The number of hydrogen-bond donors (Lipinski definition) is 2. The summed E-state index contributed by atoms with van der Waals surface area (Å²) in [4.78, 5) is 12.1. The molecule has 1 heterocycles. The van der Waals surface area contributed by atoms with E-state index in [2.05, 4.69) is 16.7 Å². The molecule has 1 saturated heterocycles. The third-order valence-corrected chi connectivity index (χ3v) is 4.68. The summed E-state index contributed by atoms with van der Waals surface area (Å²) in [6, 6.07) is 6.41. The molecule has 1 aromatic carbocycles. The lowest BCUT2D eigenvalue weighted by Crippen LogP contribution is -2.41. The molecule has 0 radical (unpaired) electrons. The van der Waals surface area contributed by atoms with E-state index in [9.17, 15) is 4.79 Å². The van der Waals surface area contributed by atoms with E-state index in [0.29, 0.717) is 13.0 Å². The first-order valence-corrected chi connectivity index (χ1v) is 9.35. The molecule has 2 rings (SSSR count). The van der Waals surface area contributed by atoms with Crippen molar-refractivity contribution >= 4 is 30.1 Å². The zero-order chi connectivity index (χ0) is 16.9. The summed E-state index contributed by atoms with van der Waals surface area (Å²) in [6.07, 6.45) is 0.536. The summed E-state index contributed by atoms with van der Waals surface area (Å²) in [7, 11) is 0. The minimum Gasteiger partial charge on any atom is -0.488 e. The minimum absolute atomic E-state index is 0. The molecule has 0 aromatic heterocycles. The van der Waals surface area contributed by atoms with E-state index in [-0.39, 0.29) is 30.0 Å². The van der Waals surface area contributed by atoms with Crippen LogP contribution in [0, 0.1) is 6.92 Å². The number of nitrogens with one attached hydrogen (secondary N) is 2. The van der Waals surface area contributed by atoms with Gasteiger partial charge in [0.15, 0.2) is 0 Å². The van der Waals surface area contributed by atoms with Gasteiger partial charge in [0, 0.05) is 42.6 Å². The molecule has 0 saturated carbocycles. The first kappa shape index (κ1) is 21.1. The second kappa shape index (κ2) is 9.54. The Morgan fingerprint density at radius 1 is 1.42 bits per heavy atom. The first-order chi connectivity index (χ1) is 10.8. The number of thioether (sulfide) groups is 1. The first-order valence-electron chi connectivity index (χ1n) is 8.20. The number of amides is 1. The molecule has 1 aliphatic heterocycles. The fourth-order valence-corrected chi connectivity index (χ4v) is 3.42. The minimum atomic E-state index is -0.254. The van der Waals surface area contributed by atoms with E-state index in [4.69, 9.17) is 4.74 Å². The van der Waals surface area contributed by atoms with Crippen molar-refractivity contribution in [1.82, 2.24) is 10.6 Å². The molecule has 6 heteroatoms. The Morgan fingerprint density at radius 2 is 2.17 bits per heavy atom. The van der Waals surface area contributed by atoms with Crippen LogP contribution in [0.3, 0.4) is 0 Å². The molecule has 0 aliphatic carbocycles. The van der Waals surface area contributed by atoms with Gasteiger partial charge in [-0.25, -0.2) is 0 Å². The van der Waals surface area contributed by atoms with Gasteiger partial charge in [0.05, 0.1) is 0 Å². The van der Waals surface area contributed by atoms with E-state index >= 15 is 0 Å². The fourth-order valence-electron chi connectivity index (χ4n) is 2.47. The molecule has 1 aromatic rings. The van der Waals surface area contributed by atoms with E-state index in [1.165, 1.54) is 0 Å². The Hall–Kier alpha value is -0.910. The van der Waals surface area contributed by atoms with Crippen molar-refractivity contribution in [2.75, 3.05) is 18.1 Å². The van der Waals surface area contributed by atoms with Gasteiger partial charge in [0.25, 0.3) is 0 Å². The van der Waals surface area contributed by atoms with Crippen LogP contribution in [0.25, 0.3) is 0 Å². The molecular weight excluding hydrogens is 344 g/mol. The second-order valence-electron chi connectivity index (χ2n) is 7.03. The third kappa shape index (κ3) is 7.32. The lowest BCUT2D eigenvalue weighted by Gasteiger charge is -2.24. The Bertz CT molecular complexity index is 540. The van der Waals surface area contributed by atoms with Crippen LogP contribution in [0.4, 0.5) is 0 Å². The van der Waals surface area contributed by atoms with Gasteiger partial charge in [0.1, 0.15) is 11.4 Å². The molecule has 4 nitrogen and oxygen atoms in total. The molecule has 0 bridgehead atoms. The number of ether oxygens (including phenoxy) is 1. The zero-order valence-corrected chi connectivity index (χ0v) is 16.6. The average Bonchev–Trinajstić information content (AvgIpc) is 2.46. The quantitative estimate of drug-likeness (QED) is 0.832. The van der Waals surface area contributed by atoms with Gasteiger partial charge in [-0.1, -0.05) is 12.1 Å². The van der Waals surface area contributed by atoms with E-state index in [1.54, 1.807) is 0 Å². The SMILES string of the molecule is Cc1ccc(CNC(=O)CC2CSCCN2)c(OC(C)(C)C)c1.Cl. The predicted octanol–water partition coefficient (Wildman–Crippen LogP) is 3.31. The predicted molar refractivity (Wildman–Crippen MR) is 104 cm³/mol. The van der Waals surface area contributed by atoms with Gasteiger partial charge in [-0.3, -0.25) is 4.79 Å². The third-order valence-electron chi connectivity index (χ3n) is 3.55. The number of rotatable bonds is 5. The summed E-state index contributed by atoms with van der Waals surface area (Å²) in [6.45, 7) is 9.64. The van der Waals surface area contributed by atoms with Crippen LogP contribution in [0.1, 0.15) is 38.3 Å². The molecule has 1 atom stereocenters. The molecule has 1 amide bonds. The summed E-state index contributed by atoms with van der Waals surface area (Å²) in [5.74, 6) is 3.09. The summed E-state index contributed by atoms with van der Waals surface area (Å²) < 4.78 is 6.03. The van der Waals surface area contributed by atoms with Crippen LogP contribution in [-0.2, 0) is 11.3 Å². The van der Waals surface area contributed by atoms with Crippen molar-refractivity contribution in [2.45, 2.75) is 52.3 Å². The number of hydrogen-bond acceptors (Lipinski definition) is 4. The standard InChI is InChI=1S/C18H28N2O2S.ClH/c1-13-5-6-14(16(9-13)22-18(2,3)4)11-20-17(21)10-15-12-23-8-7-19-15;/h5-6,9,15,19H,7-8,10-12H2,1-4H3,(H,20,21);1H. The van der Waals surface area contributed by atoms with Crippen LogP contribution >= 0.6 is 24.2 Å². The van der Waals surface area contributed by atoms with E-state index < -0.39 is 0 Å². The highest BCUT2D eigenvalue weighted by atomic mass is 35.5. The largest absolute Gasteiger partial charge is 0.488 e. The number of halogens is 1. The van der Waals surface area contributed by atoms with Gasteiger partial charge in [-0.15, -0.1) is 12.4 Å². The Balaban J connectivity index is 0.00000288. The number of carbonyl (C=O) groups excluding carboxylic acids is 1. The smallest absolute Gasteiger partial charge is 0.221 e. The highest BCUT2D eigenvalue weighted by Gasteiger charge is 2.18. The normalized spacial score (nSPS) is 17.8. The van der Waals surface area contributed by atoms with Crippen molar-refractivity contribution in [3.05, 3.63) is 29.3 Å². The van der Waals surface area contributed by atoms with Crippen molar-refractivity contribution in [1.29, 1.82) is 0 Å². The van der Waals surface area contributed by atoms with Crippen LogP contribution in [-0.4, -0.2) is 35.6 Å². The van der Waals surface area contributed by atoms with Crippen LogP contribution in [0.2, 0.25) is 0 Å². The maximum absolute atomic E-state index is 12.1. The van der Waals surface area contributed by atoms with Crippen LogP contribution in [0.15, 0.2) is 18.2 Å². The van der Waals surface area contributed by atoms with Crippen LogP contribution in [0.5, 0.6) is 5.75 Å². The summed E-state index contributed by atoms with van der Waals surface area (Å²) >= 11 is 1.91. The highest BCUT2D eigenvalue weighted by Crippen LogP contribution is 2.24. The lowest BCUT2D eigenvalue weighted by molar-refractivity contribution is -0.121. The molecule has 1 aliphatic rings. The van der Waals surface area contributed by atoms with E-state index in [0.717, 1.165) is 34.9 Å². The monoisotopic (exact) mass is 372 g/mol. The van der Waals surface area contributed by atoms with Crippen molar-refractivity contribution in [2.24, 2.45) is 0 Å². The maximum Gasteiger partial charge on any atom is 0.221 e. The molecule has 2 N–H and O–H groups in total. The van der Waals surface area contributed by atoms with Crippen LogP contribution < -0.4 is 15.4 Å². The van der Waals surface area contributed by atoms with Crippen molar-refractivity contribution in [3.63, 3.8) is 0 Å². The van der Waals surface area contributed by atoms with Crippen molar-refractivity contribution in [3.8, 4) is 5.75 Å². The molecule has 1 unspecified atom stereocenters. The van der Waals surface area contributed by atoms with Gasteiger partial charge in [-0.05, 0) is 39.3 Å². The summed E-state index contributed by atoms with van der Waals surface area (Å²) in [5, 5.41) is 6.42. The lowest BCUT2D eigenvalue weighted by atomic mass is 10.1. The summed E-state index contributed by atoms with van der Waals surface area (Å²) in [5.41, 5.74) is 1.92. The Kier molecular flexibility index (Phi) is 8.40. The topological polar surface area (TPSA) is 50.4 Å². The van der Waals surface area contributed by atoms with Gasteiger partial charge < -0.3 is 15.4 Å². The highest BCUT2D eigenvalue weighted by molar-refractivity contribution is 7.99. The molecular formula is C18H29ClN2O2S. The number of aryl methyl sites for hydroxylation is 1. The second-order valence-corrected chi connectivity index (χ2v) is 8.18. The molecule has 0 spiro atoms. The molecule has 136 valence electrons. The van der Waals surface area contributed by atoms with Gasteiger partial charge in [0.2, 0.25) is 5.91 Å². The van der Waals surface area contributed by atoms with Gasteiger partial charge >= 0.3 is 0 Å². The van der Waals surface area contributed by atoms with Crippen molar-refractivity contribution < 1.29 is 9.53 Å². The average molecular weight is 373 g/mol. The number of carbonyl (C=O) groups is 1. The van der Waals surface area contributed by atoms with Gasteiger partial charge in [-0.2, -0.15) is 11.8 Å². The Morgan fingerprint density at radius 3 is 2.79 bits per heavy atom. The molecule has 1 fully saturated rings. The number of benzene rings is 1. The fraction of sp³-hybridized carbons (Fsp3) is 0.611. The maximum atomic E-state index is 12.1. The van der Waals surface area contributed by atoms with E-state index in [1.807, 2.05) is 51.6 Å².